The van der Waals surface area contributed by atoms with Crippen molar-refractivity contribution < 1.29 is 9.59 Å². The van der Waals surface area contributed by atoms with E-state index in [0.717, 1.165) is 0 Å². The number of Topliss-reactive ketones (excluding diaryl/α,β-unsaturated/α-hetero) is 2. The van der Waals surface area contributed by atoms with Crippen LogP contribution in [0.2, 0.25) is 0 Å². The Morgan fingerprint density at radius 2 is 1.06 bits per heavy atom. The number of azo groups is 1. The van der Waals surface area contributed by atoms with Crippen molar-refractivity contribution in [2.45, 2.75) is 65.5 Å². The van der Waals surface area contributed by atoms with Crippen molar-refractivity contribution in [3.63, 3.8) is 0 Å². The molecule has 0 saturated heterocycles. The Balaban J connectivity index is 4.84. The van der Waals surface area contributed by atoms with Gasteiger partial charge in [-0.15, -0.1) is 0 Å². The number of carbonyl (C=O) groups is 2. The molecule has 4 nitrogen and oxygen atoms in total. The summed E-state index contributed by atoms with van der Waals surface area (Å²) < 4.78 is 0. The first-order chi connectivity index (χ1) is 7.17. The van der Waals surface area contributed by atoms with E-state index in [2.05, 4.69) is 10.2 Å². The first kappa shape index (κ1) is 14.9. The van der Waals surface area contributed by atoms with Gasteiger partial charge in [0.05, 0.1) is 0 Å². The highest BCUT2D eigenvalue weighted by molar-refractivity contribution is 5.88. The molecule has 0 fully saturated rings. The molecule has 92 valence electrons. The Morgan fingerprint density at radius 1 is 0.812 bits per heavy atom. The summed E-state index contributed by atoms with van der Waals surface area (Å²) in [7, 11) is 0. The van der Waals surface area contributed by atoms with Crippen LogP contribution in [0.25, 0.3) is 0 Å². The summed E-state index contributed by atoms with van der Waals surface area (Å²) in [5.74, 6) is 0.0481. The summed E-state index contributed by atoms with van der Waals surface area (Å²) in [5.41, 5.74) is -1.67. The maximum Gasteiger partial charge on any atom is 0.161 e. The second-order valence-corrected chi connectivity index (χ2v) is 4.87. The van der Waals surface area contributed by atoms with Gasteiger partial charge >= 0.3 is 0 Å². The molecule has 0 bridgehead atoms. The molecule has 0 aliphatic heterocycles. The van der Waals surface area contributed by atoms with Crippen LogP contribution in [-0.2, 0) is 9.59 Å². The van der Waals surface area contributed by atoms with E-state index in [9.17, 15) is 9.59 Å². The van der Waals surface area contributed by atoms with E-state index in [1.165, 1.54) is 0 Å². The molecule has 0 aliphatic carbocycles. The Kier molecular flexibility index (Phi) is 4.97. The molecule has 0 aromatic rings. The lowest BCUT2D eigenvalue weighted by Crippen LogP contribution is -2.32. The van der Waals surface area contributed by atoms with Gasteiger partial charge in [-0.25, -0.2) is 0 Å². The molecule has 0 radical (unpaired) electrons. The third kappa shape index (κ3) is 3.83. The molecule has 0 aromatic carbocycles. The first-order valence-corrected chi connectivity index (χ1v) is 5.68. The average Bonchev–Trinajstić information content (AvgIpc) is 2.24. The Bertz CT molecular complexity index is 274. The molecule has 0 saturated carbocycles. The molecule has 0 aliphatic rings. The fraction of sp³-hybridized carbons (Fsp3) is 0.833. The summed E-state index contributed by atoms with van der Waals surface area (Å²) in [6, 6.07) is 0. The fourth-order valence-corrected chi connectivity index (χ4v) is 1.23. The monoisotopic (exact) mass is 226 g/mol. The van der Waals surface area contributed by atoms with E-state index in [1.807, 2.05) is 0 Å². The van der Waals surface area contributed by atoms with Crippen molar-refractivity contribution >= 4 is 11.6 Å². The second kappa shape index (κ2) is 5.32. The summed E-state index contributed by atoms with van der Waals surface area (Å²) in [4.78, 5) is 23.1. The van der Waals surface area contributed by atoms with Crippen LogP contribution in [0, 0.1) is 0 Å². The minimum absolute atomic E-state index is 0.0241. The van der Waals surface area contributed by atoms with Crippen molar-refractivity contribution in [3.8, 4) is 0 Å². The lowest BCUT2D eigenvalue weighted by Gasteiger charge is -2.20. The molecule has 0 rings (SSSR count). The number of hydrogen-bond acceptors (Lipinski definition) is 4. The van der Waals surface area contributed by atoms with Crippen molar-refractivity contribution in [1.82, 2.24) is 0 Å². The molecule has 4 heteroatoms. The zero-order valence-electron chi connectivity index (χ0n) is 11.1. The number of rotatable bonds is 6. The summed E-state index contributed by atoms with van der Waals surface area (Å²) in [5, 5.41) is 8.04. The van der Waals surface area contributed by atoms with Crippen LogP contribution < -0.4 is 0 Å². The van der Waals surface area contributed by atoms with Gasteiger partial charge in [-0.2, -0.15) is 10.2 Å². The van der Waals surface area contributed by atoms with Gasteiger partial charge in [0.2, 0.25) is 0 Å². The van der Waals surface area contributed by atoms with Crippen molar-refractivity contribution in [2.24, 2.45) is 10.2 Å². The van der Waals surface area contributed by atoms with E-state index >= 15 is 0 Å². The maximum atomic E-state index is 11.6. The number of carbonyl (C=O) groups excluding carboxylic acids is 2. The van der Waals surface area contributed by atoms with E-state index in [1.54, 1.807) is 41.5 Å². The molecule has 16 heavy (non-hydrogen) atoms. The largest absolute Gasteiger partial charge is 0.297 e. The summed E-state index contributed by atoms with van der Waals surface area (Å²) >= 11 is 0. The molecule has 0 atom stereocenters. The van der Waals surface area contributed by atoms with Crippen LogP contribution in [0.3, 0.4) is 0 Å². The highest BCUT2D eigenvalue weighted by atomic mass is 16.1. The minimum Gasteiger partial charge on any atom is -0.297 e. The summed E-state index contributed by atoms with van der Waals surface area (Å²) in [6.07, 6.45) is 0.850. The fourth-order valence-electron chi connectivity index (χ4n) is 1.23. The van der Waals surface area contributed by atoms with Crippen LogP contribution in [0.1, 0.15) is 54.4 Å². The van der Waals surface area contributed by atoms with Gasteiger partial charge in [0.1, 0.15) is 11.1 Å². The predicted molar refractivity (Wildman–Crippen MR) is 63.6 cm³/mol. The smallest absolute Gasteiger partial charge is 0.161 e. The molecular formula is C12H22N2O2. The van der Waals surface area contributed by atoms with E-state index in [0.29, 0.717) is 12.8 Å². The molecule has 0 amide bonds. The van der Waals surface area contributed by atoms with Gasteiger partial charge in [0.15, 0.2) is 11.6 Å². The van der Waals surface area contributed by atoms with Gasteiger partial charge in [-0.3, -0.25) is 9.59 Å². The normalized spacial score (nSPS) is 13.1. The Hall–Kier alpha value is -1.06. The number of ketones is 2. The van der Waals surface area contributed by atoms with E-state index in [-0.39, 0.29) is 11.6 Å². The van der Waals surface area contributed by atoms with Crippen LogP contribution in [-0.4, -0.2) is 22.6 Å². The average molecular weight is 226 g/mol. The quantitative estimate of drug-likeness (QED) is 0.654. The van der Waals surface area contributed by atoms with Gasteiger partial charge < -0.3 is 0 Å². The Labute approximate surface area is 97.5 Å². The Morgan fingerprint density at radius 3 is 1.25 bits per heavy atom. The van der Waals surface area contributed by atoms with E-state index < -0.39 is 11.1 Å². The van der Waals surface area contributed by atoms with Gasteiger partial charge in [0.25, 0.3) is 0 Å². The van der Waals surface area contributed by atoms with E-state index in [4.69, 9.17) is 0 Å². The SMILES string of the molecule is CCC(=O)C(C)(C)N=NC(C)(C)C(=O)CC. The second-order valence-electron chi connectivity index (χ2n) is 4.87. The van der Waals surface area contributed by atoms with Crippen LogP contribution in [0.4, 0.5) is 0 Å². The lowest BCUT2D eigenvalue weighted by atomic mass is 9.97. The molecule has 0 spiro atoms. The van der Waals surface area contributed by atoms with Gasteiger partial charge in [0, 0.05) is 12.8 Å². The molecule has 0 N–H and O–H groups in total. The third-order valence-corrected chi connectivity index (χ3v) is 2.56. The van der Waals surface area contributed by atoms with Crippen molar-refractivity contribution in [1.29, 1.82) is 0 Å². The van der Waals surface area contributed by atoms with Crippen molar-refractivity contribution in [3.05, 3.63) is 0 Å². The van der Waals surface area contributed by atoms with Crippen LogP contribution in [0.15, 0.2) is 10.2 Å². The van der Waals surface area contributed by atoms with Gasteiger partial charge in [-0.1, -0.05) is 13.8 Å². The minimum atomic E-state index is -0.833. The first-order valence-electron chi connectivity index (χ1n) is 5.68. The lowest BCUT2D eigenvalue weighted by molar-refractivity contribution is -0.124. The van der Waals surface area contributed by atoms with Gasteiger partial charge in [-0.05, 0) is 27.7 Å². The molecular weight excluding hydrogens is 204 g/mol. The van der Waals surface area contributed by atoms with Crippen LogP contribution in [0.5, 0.6) is 0 Å². The molecule has 0 unspecified atom stereocenters. The number of hydrogen-bond donors (Lipinski definition) is 0. The predicted octanol–water partition coefficient (Wildman–Crippen LogP) is 2.95. The zero-order valence-corrected chi connectivity index (χ0v) is 11.1. The molecule has 0 heterocycles. The summed E-state index contributed by atoms with van der Waals surface area (Å²) in [6.45, 7) is 10.5. The highest BCUT2D eigenvalue weighted by Gasteiger charge is 2.29. The van der Waals surface area contributed by atoms with Crippen molar-refractivity contribution in [2.75, 3.05) is 0 Å². The molecule has 0 aromatic heterocycles. The standard InChI is InChI=1S/C12H22N2O2/c1-7-9(15)11(3,4)13-14-12(5,6)10(16)8-2/h7-8H2,1-6H3. The zero-order chi connectivity index (χ0) is 13.0. The maximum absolute atomic E-state index is 11.6. The number of nitrogens with zero attached hydrogens (tertiary/aromatic N) is 2. The topological polar surface area (TPSA) is 58.9 Å². The van der Waals surface area contributed by atoms with Crippen LogP contribution >= 0.6 is 0 Å². The highest BCUT2D eigenvalue weighted by Crippen LogP contribution is 2.19. The third-order valence-electron chi connectivity index (χ3n) is 2.56.